The monoisotopic (exact) mass is 385 g/mol. The molecule has 2 aliphatic heterocycles. The minimum absolute atomic E-state index is 0.0694. The minimum atomic E-state index is -0.556. The Bertz CT molecular complexity index is 820. The maximum absolute atomic E-state index is 12.5. The summed E-state index contributed by atoms with van der Waals surface area (Å²) in [5.74, 6) is -0.0694. The molecule has 0 aliphatic carbocycles. The third kappa shape index (κ3) is 4.41. The lowest BCUT2D eigenvalue weighted by molar-refractivity contribution is 0.0845. The number of aliphatic hydroxyl groups excluding tert-OH is 1. The summed E-state index contributed by atoms with van der Waals surface area (Å²) < 4.78 is 0. The lowest BCUT2D eigenvalue weighted by Crippen LogP contribution is -2.41. The van der Waals surface area contributed by atoms with Gasteiger partial charge in [-0.2, -0.15) is 0 Å². The first-order valence-corrected chi connectivity index (χ1v) is 10.5. The molecular weight excluding hydrogens is 358 g/mol. The van der Waals surface area contributed by atoms with Crippen molar-refractivity contribution >= 4 is 17.2 Å². The van der Waals surface area contributed by atoms with E-state index in [0.717, 1.165) is 43.9 Å². The predicted octanol–water partition coefficient (Wildman–Crippen LogP) is 1.88. The van der Waals surface area contributed by atoms with Crippen LogP contribution in [0.5, 0.6) is 0 Å². The van der Waals surface area contributed by atoms with E-state index in [-0.39, 0.29) is 5.91 Å². The van der Waals surface area contributed by atoms with Crippen molar-refractivity contribution in [2.45, 2.75) is 32.0 Å². The SMILES string of the molecule is CN1CCc2sc(C(=O)NCC(O)CN3CCc4ccccc4C3)cc2C1. The van der Waals surface area contributed by atoms with Gasteiger partial charge in [0.1, 0.15) is 0 Å². The number of rotatable bonds is 5. The molecule has 6 heteroatoms. The summed E-state index contributed by atoms with van der Waals surface area (Å²) >= 11 is 1.59. The number of benzene rings is 1. The Morgan fingerprint density at radius 2 is 2.00 bits per heavy atom. The number of hydrogen-bond acceptors (Lipinski definition) is 5. The van der Waals surface area contributed by atoms with Gasteiger partial charge in [-0.3, -0.25) is 9.69 Å². The zero-order chi connectivity index (χ0) is 18.8. The Kier molecular flexibility index (Phi) is 5.59. The molecule has 1 aromatic heterocycles. The number of likely N-dealkylation sites (N-methyl/N-ethyl adjacent to an activating group) is 1. The second-order valence-corrected chi connectivity index (χ2v) is 8.80. The third-order valence-electron chi connectivity index (χ3n) is 5.46. The van der Waals surface area contributed by atoms with Gasteiger partial charge in [-0.15, -0.1) is 11.3 Å². The first-order valence-electron chi connectivity index (χ1n) is 9.64. The molecule has 0 saturated heterocycles. The molecule has 0 bridgehead atoms. The fourth-order valence-corrected chi connectivity index (χ4v) is 5.04. The van der Waals surface area contributed by atoms with Gasteiger partial charge in [-0.05, 0) is 42.6 Å². The van der Waals surface area contributed by atoms with Gasteiger partial charge in [0.15, 0.2) is 0 Å². The number of hydrogen-bond donors (Lipinski definition) is 2. The molecule has 5 nitrogen and oxygen atoms in total. The number of fused-ring (bicyclic) bond motifs is 2. The van der Waals surface area contributed by atoms with Gasteiger partial charge < -0.3 is 15.3 Å². The van der Waals surface area contributed by atoms with Crippen LogP contribution < -0.4 is 5.32 Å². The molecular formula is C21H27N3O2S. The Hall–Kier alpha value is -1.73. The average Bonchev–Trinajstić information content (AvgIpc) is 3.09. The molecule has 1 unspecified atom stereocenters. The molecule has 2 aliphatic rings. The Labute approximate surface area is 164 Å². The van der Waals surface area contributed by atoms with Crippen molar-refractivity contribution in [2.24, 2.45) is 0 Å². The Balaban J connectivity index is 1.27. The highest BCUT2D eigenvalue weighted by atomic mass is 32.1. The van der Waals surface area contributed by atoms with E-state index in [4.69, 9.17) is 0 Å². The molecule has 27 heavy (non-hydrogen) atoms. The van der Waals surface area contributed by atoms with Crippen LogP contribution in [0.1, 0.15) is 31.2 Å². The Morgan fingerprint density at radius 1 is 1.19 bits per heavy atom. The predicted molar refractivity (Wildman–Crippen MR) is 108 cm³/mol. The van der Waals surface area contributed by atoms with Crippen LogP contribution in [-0.4, -0.2) is 60.1 Å². The number of carbonyl (C=O) groups excluding carboxylic acids is 1. The molecule has 2 aromatic rings. The van der Waals surface area contributed by atoms with E-state index >= 15 is 0 Å². The number of nitrogens with zero attached hydrogens (tertiary/aromatic N) is 2. The second kappa shape index (κ2) is 8.10. The van der Waals surface area contributed by atoms with E-state index in [9.17, 15) is 9.90 Å². The van der Waals surface area contributed by atoms with Crippen molar-refractivity contribution in [1.82, 2.24) is 15.1 Å². The van der Waals surface area contributed by atoms with Crippen LogP contribution in [0.15, 0.2) is 30.3 Å². The Morgan fingerprint density at radius 3 is 2.85 bits per heavy atom. The van der Waals surface area contributed by atoms with E-state index in [1.54, 1.807) is 11.3 Å². The van der Waals surface area contributed by atoms with Crippen LogP contribution in [0, 0.1) is 0 Å². The van der Waals surface area contributed by atoms with E-state index in [0.29, 0.717) is 13.1 Å². The standard InChI is InChI=1S/C21H27N3O2S/c1-23-8-7-19-17(12-23)10-20(27-19)21(26)22-11-18(25)14-24-9-6-15-4-2-3-5-16(15)13-24/h2-5,10,18,25H,6-9,11-14H2,1H3,(H,22,26). The maximum atomic E-state index is 12.5. The molecule has 0 spiro atoms. The number of β-amino-alcohol motifs (C(OH)–C–C–N with tert-alkyl or cyclic N) is 1. The molecule has 3 heterocycles. The van der Waals surface area contributed by atoms with Crippen molar-refractivity contribution in [2.75, 3.05) is 33.2 Å². The number of aliphatic hydroxyl groups is 1. The molecule has 0 saturated carbocycles. The van der Waals surface area contributed by atoms with Crippen molar-refractivity contribution in [3.05, 3.63) is 56.8 Å². The summed E-state index contributed by atoms with van der Waals surface area (Å²) in [6.45, 7) is 4.66. The van der Waals surface area contributed by atoms with Gasteiger partial charge in [0.25, 0.3) is 5.91 Å². The van der Waals surface area contributed by atoms with Crippen LogP contribution in [-0.2, 0) is 25.9 Å². The van der Waals surface area contributed by atoms with Crippen LogP contribution >= 0.6 is 11.3 Å². The quantitative estimate of drug-likeness (QED) is 0.825. The van der Waals surface area contributed by atoms with Gasteiger partial charge in [-0.1, -0.05) is 24.3 Å². The molecule has 4 rings (SSSR count). The molecule has 0 fully saturated rings. The smallest absolute Gasteiger partial charge is 0.261 e. The lowest BCUT2D eigenvalue weighted by atomic mass is 10.00. The zero-order valence-corrected chi connectivity index (χ0v) is 16.6. The first-order chi connectivity index (χ1) is 13.1. The van der Waals surface area contributed by atoms with Crippen molar-refractivity contribution < 1.29 is 9.90 Å². The molecule has 0 radical (unpaired) electrons. The van der Waals surface area contributed by atoms with E-state index in [2.05, 4.69) is 46.4 Å². The van der Waals surface area contributed by atoms with E-state index in [1.165, 1.54) is 21.6 Å². The summed E-state index contributed by atoms with van der Waals surface area (Å²) in [5.41, 5.74) is 4.02. The maximum Gasteiger partial charge on any atom is 0.261 e. The highest BCUT2D eigenvalue weighted by Crippen LogP contribution is 2.27. The van der Waals surface area contributed by atoms with Gasteiger partial charge >= 0.3 is 0 Å². The highest BCUT2D eigenvalue weighted by Gasteiger charge is 2.21. The summed E-state index contributed by atoms with van der Waals surface area (Å²) in [5, 5.41) is 13.3. The second-order valence-electron chi connectivity index (χ2n) is 7.66. The van der Waals surface area contributed by atoms with Crippen LogP contribution in [0.4, 0.5) is 0 Å². The molecule has 1 aromatic carbocycles. The number of amides is 1. The van der Waals surface area contributed by atoms with Gasteiger partial charge in [-0.25, -0.2) is 0 Å². The number of thiophene rings is 1. The van der Waals surface area contributed by atoms with Gasteiger partial charge in [0.2, 0.25) is 0 Å². The number of carbonyl (C=O) groups is 1. The van der Waals surface area contributed by atoms with Crippen molar-refractivity contribution in [1.29, 1.82) is 0 Å². The summed E-state index contributed by atoms with van der Waals surface area (Å²) in [6, 6.07) is 10.5. The van der Waals surface area contributed by atoms with Crippen LogP contribution in [0.3, 0.4) is 0 Å². The van der Waals surface area contributed by atoms with Crippen molar-refractivity contribution in [3.63, 3.8) is 0 Å². The largest absolute Gasteiger partial charge is 0.390 e. The summed E-state index contributed by atoms with van der Waals surface area (Å²) in [7, 11) is 2.11. The molecule has 144 valence electrons. The zero-order valence-electron chi connectivity index (χ0n) is 15.8. The summed E-state index contributed by atoms with van der Waals surface area (Å²) in [4.78, 5) is 19.1. The fraction of sp³-hybridized carbons (Fsp3) is 0.476. The van der Waals surface area contributed by atoms with Gasteiger partial charge in [0, 0.05) is 44.1 Å². The van der Waals surface area contributed by atoms with Crippen molar-refractivity contribution in [3.8, 4) is 0 Å². The fourth-order valence-electron chi connectivity index (χ4n) is 3.96. The van der Waals surface area contributed by atoms with E-state index in [1.807, 2.05) is 6.07 Å². The summed E-state index contributed by atoms with van der Waals surface area (Å²) in [6.07, 6.45) is 1.48. The molecule has 1 atom stereocenters. The van der Waals surface area contributed by atoms with Crippen LogP contribution in [0.2, 0.25) is 0 Å². The molecule has 1 amide bonds. The van der Waals surface area contributed by atoms with E-state index < -0.39 is 6.10 Å². The van der Waals surface area contributed by atoms with Gasteiger partial charge in [0.05, 0.1) is 11.0 Å². The molecule has 2 N–H and O–H groups in total. The average molecular weight is 386 g/mol. The third-order valence-corrected chi connectivity index (χ3v) is 6.69. The normalized spacial score (nSPS) is 18.6. The highest BCUT2D eigenvalue weighted by molar-refractivity contribution is 7.14. The van der Waals surface area contributed by atoms with Crippen LogP contribution in [0.25, 0.3) is 0 Å². The minimum Gasteiger partial charge on any atom is -0.390 e. The number of nitrogens with one attached hydrogen (secondary N) is 1. The topological polar surface area (TPSA) is 55.8 Å². The first kappa shape index (κ1) is 18.6. The lowest BCUT2D eigenvalue weighted by Gasteiger charge is -2.30.